The van der Waals surface area contributed by atoms with Crippen molar-refractivity contribution in [2.24, 2.45) is 0 Å². The molecule has 29 heavy (non-hydrogen) atoms. The maximum atomic E-state index is 9.39. The molecule has 0 unspecified atom stereocenters. The lowest BCUT2D eigenvalue weighted by Gasteiger charge is -2.10. The van der Waals surface area contributed by atoms with Crippen molar-refractivity contribution >= 4 is 28.6 Å². The van der Waals surface area contributed by atoms with Gasteiger partial charge in [0.25, 0.3) is 0 Å². The van der Waals surface area contributed by atoms with Gasteiger partial charge >= 0.3 is 0 Å². The summed E-state index contributed by atoms with van der Waals surface area (Å²) in [5.74, 6) is 1.27. The number of fused-ring (bicyclic) bond motifs is 1. The molecule has 0 fully saturated rings. The molecule has 2 heterocycles. The molecule has 2 aromatic carbocycles. The van der Waals surface area contributed by atoms with Crippen LogP contribution in [0.4, 0.5) is 5.82 Å². The lowest BCUT2D eigenvalue weighted by Crippen LogP contribution is -2.08. The fourth-order valence-electron chi connectivity index (χ4n) is 2.95. The maximum absolute atomic E-state index is 9.39. The van der Waals surface area contributed by atoms with Crippen LogP contribution in [0.25, 0.3) is 22.3 Å². The van der Waals surface area contributed by atoms with E-state index in [2.05, 4.69) is 32.4 Å². The van der Waals surface area contributed by atoms with E-state index in [-0.39, 0.29) is 0 Å². The highest BCUT2D eigenvalue weighted by molar-refractivity contribution is 7.99. The number of para-hydroxylation sites is 2. The summed E-state index contributed by atoms with van der Waals surface area (Å²) in [6.45, 7) is 0.618. The highest BCUT2D eigenvalue weighted by atomic mass is 32.2. The van der Waals surface area contributed by atoms with Gasteiger partial charge in [-0.1, -0.05) is 42.1 Å². The number of H-pyrrole nitrogens is 1. The number of rotatable bonds is 6. The highest BCUT2D eigenvalue weighted by Gasteiger charge is 2.10. The van der Waals surface area contributed by atoms with Crippen LogP contribution in [0.2, 0.25) is 0 Å². The van der Waals surface area contributed by atoms with Crippen molar-refractivity contribution in [1.29, 1.82) is 10.5 Å². The largest absolute Gasteiger partial charge is 0.368 e. The number of imidazole rings is 1. The zero-order valence-corrected chi connectivity index (χ0v) is 16.2. The SMILES string of the molecule is N#Cc1ccccc1-c1ccc(C#N)c(NCCSc2nc3ccccc3[nH]2)n1. The van der Waals surface area contributed by atoms with Gasteiger partial charge in [0.05, 0.1) is 33.9 Å². The first-order valence-corrected chi connectivity index (χ1v) is 9.99. The smallest absolute Gasteiger partial charge is 0.166 e. The summed E-state index contributed by atoms with van der Waals surface area (Å²) in [5.41, 5.74) is 4.39. The van der Waals surface area contributed by atoms with Crippen molar-refractivity contribution in [2.75, 3.05) is 17.6 Å². The summed E-state index contributed by atoms with van der Waals surface area (Å²) in [7, 11) is 0. The fourth-order valence-corrected chi connectivity index (χ4v) is 3.70. The lowest BCUT2D eigenvalue weighted by molar-refractivity contribution is 1.07. The number of anilines is 1. The molecule has 7 heteroatoms. The zero-order valence-electron chi connectivity index (χ0n) is 15.4. The second-order valence-electron chi connectivity index (χ2n) is 6.20. The monoisotopic (exact) mass is 396 g/mol. The Morgan fingerprint density at radius 2 is 1.69 bits per heavy atom. The van der Waals surface area contributed by atoms with Gasteiger partial charge in [-0.15, -0.1) is 0 Å². The Morgan fingerprint density at radius 1 is 0.897 bits per heavy atom. The molecular formula is C22H16N6S. The van der Waals surface area contributed by atoms with Crippen LogP contribution in [0, 0.1) is 22.7 Å². The summed E-state index contributed by atoms with van der Waals surface area (Å²) in [6.07, 6.45) is 0. The standard InChI is InChI=1S/C22H16N6S/c23-13-15-5-1-2-6-17(15)18-10-9-16(14-24)21(26-18)25-11-12-29-22-27-19-7-3-4-8-20(19)28-22/h1-10H,11-12H2,(H,25,26)(H,27,28). The predicted octanol–water partition coefficient (Wildman–Crippen LogP) is 4.57. The summed E-state index contributed by atoms with van der Waals surface area (Å²) in [4.78, 5) is 12.4. The Hall–Kier alpha value is -3.81. The quantitative estimate of drug-likeness (QED) is 0.366. The van der Waals surface area contributed by atoms with E-state index < -0.39 is 0 Å². The van der Waals surface area contributed by atoms with Crippen LogP contribution in [0.3, 0.4) is 0 Å². The summed E-state index contributed by atoms with van der Waals surface area (Å²) in [6, 6.07) is 23.1. The minimum Gasteiger partial charge on any atom is -0.368 e. The Morgan fingerprint density at radius 3 is 2.52 bits per heavy atom. The van der Waals surface area contributed by atoms with Crippen molar-refractivity contribution in [3.8, 4) is 23.4 Å². The third-order valence-electron chi connectivity index (χ3n) is 4.34. The molecular weight excluding hydrogens is 380 g/mol. The predicted molar refractivity (Wildman–Crippen MR) is 114 cm³/mol. The minimum absolute atomic E-state index is 0.469. The average molecular weight is 396 g/mol. The van der Waals surface area contributed by atoms with Crippen molar-refractivity contribution < 1.29 is 0 Å². The van der Waals surface area contributed by atoms with Gasteiger partial charge in [-0.05, 0) is 30.3 Å². The van der Waals surface area contributed by atoms with Crippen LogP contribution in [0.15, 0.2) is 65.8 Å². The number of pyridine rings is 1. The molecule has 2 aromatic heterocycles. The van der Waals surface area contributed by atoms with E-state index in [9.17, 15) is 10.5 Å². The Labute approximate surface area is 172 Å². The molecule has 0 atom stereocenters. The number of nitrogens with zero attached hydrogens (tertiary/aromatic N) is 4. The molecule has 0 bridgehead atoms. The van der Waals surface area contributed by atoms with Crippen molar-refractivity contribution in [2.45, 2.75) is 5.16 Å². The molecule has 4 aromatic rings. The first kappa shape index (κ1) is 18.5. The molecule has 0 aliphatic carbocycles. The van der Waals surface area contributed by atoms with E-state index >= 15 is 0 Å². The molecule has 4 rings (SSSR count). The second kappa shape index (κ2) is 8.47. The number of hydrogen-bond acceptors (Lipinski definition) is 6. The van der Waals surface area contributed by atoms with Crippen molar-refractivity contribution in [1.82, 2.24) is 15.0 Å². The minimum atomic E-state index is 0.469. The highest BCUT2D eigenvalue weighted by Crippen LogP contribution is 2.25. The number of aromatic nitrogens is 3. The van der Waals surface area contributed by atoms with E-state index in [4.69, 9.17) is 0 Å². The van der Waals surface area contributed by atoms with E-state index in [1.807, 2.05) is 42.5 Å². The van der Waals surface area contributed by atoms with Gasteiger partial charge in [0, 0.05) is 17.9 Å². The van der Waals surface area contributed by atoms with Crippen LogP contribution < -0.4 is 5.32 Å². The maximum Gasteiger partial charge on any atom is 0.166 e. The molecule has 6 nitrogen and oxygen atoms in total. The van der Waals surface area contributed by atoms with E-state index in [1.165, 1.54) is 0 Å². The molecule has 2 N–H and O–H groups in total. The summed E-state index contributed by atoms with van der Waals surface area (Å²) >= 11 is 1.60. The van der Waals surface area contributed by atoms with Crippen molar-refractivity contribution in [3.63, 3.8) is 0 Å². The molecule has 0 saturated heterocycles. The van der Waals surface area contributed by atoms with Crippen LogP contribution in [-0.2, 0) is 0 Å². The molecule has 0 amide bonds. The Balaban J connectivity index is 1.46. The third kappa shape index (κ3) is 4.06. The zero-order chi connectivity index (χ0) is 20.1. The molecule has 0 radical (unpaired) electrons. The van der Waals surface area contributed by atoms with Gasteiger partial charge in [-0.2, -0.15) is 10.5 Å². The fraction of sp³-hybridized carbons (Fsp3) is 0.0909. The number of nitriles is 2. The van der Waals surface area contributed by atoms with Crippen LogP contribution >= 0.6 is 11.8 Å². The molecule has 0 spiro atoms. The number of benzene rings is 2. The number of aromatic amines is 1. The van der Waals surface area contributed by atoms with Gasteiger partial charge in [0.1, 0.15) is 11.9 Å². The third-order valence-corrected chi connectivity index (χ3v) is 5.22. The van der Waals surface area contributed by atoms with Gasteiger partial charge in [-0.25, -0.2) is 9.97 Å². The van der Waals surface area contributed by atoms with Crippen LogP contribution in [0.1, 0.15) is 11.1 Å². The first-order chi connectivity index (χ1) is 14.3. The van der Waals surface area contributed by atoms with Crippen LogP contribution in [0.5, 0.6) is 0 Å². The Bertz CT molecular complexity index is 1220. The topological polar surface area (TPSA) is 101 Å². The molecule has 140 valence electrons. The second-order valence-corrected chi connectivity index (χ2v) is 7.28. The molecule has 0 saturated carbocycles. The van der Waals surface area contributed by atoms with E-state index in [1.54, 1.807) is 30.0 Å². The van der Waals surface area contributed by atoms with Crippen molar-refractivity contribution in [3.05, 3.63) is 71.8 Å². The summed E-state index contributed by atoms with van der Waals surface area (Å²) in [5, 5.41) is 22.8. The molecule has 0 aliphatic heterocycles. The average Bonchev–Trinajstić information content (AvgIpc) is 3.19. The normalized spacial score (nSPS) is 10.4. The van der Waals surface area contributed by atoms with Gasteiger partial charge in [0.15, 0.2) is 5.16 Å². The van der Waals surface area contributed by atoms with Gasteiger partial charge in [-0.3, -0.25) is 0 Å². The van der Waals surface area contributed by atoms with E-state index in [0.29, 0.717) is 29.2 Å². The number of thioether (sulfide) groups is 1. The van der Waals surface area contributed by atoms with Gasteiger partial charge in [0.2, 0.25) is 0 Å². The van der Waals surface area contributed by atoms with Crippen LogP contribution in [-0.4, -0.2) is 27.2 Å². The number of nitrogens with one attached hydrogen (secondary N) is 2. The first-order valence-electron chi connectivity index (χ1n) is 9.00. The summed E-state index contributed by atoms with van der Waals surface area (Å²) < 4.78 is 0. The lowest BCUT2D eigenvalue weighted by atomic mass is 10.0. The van der Waals surface area contributed by atoms with Gasteiger partial charge < -0.3 is 10.3 Å². The molecule has 0 aliphatic rings. The number of hydrogen-bond donors (Lipinski definition) is 2. The Kier molecular flexibility index (Phi) is 5.42. The van der Waals surface area contributed by atoms with E-state index in [0.717, 1.165) is 27.5 Å².